The highest BCUT2D eigenvalue weighted by molar-refractivity contribution is 5.75. The molecule has 1 fully saturated rings. The predicted molar refractivity (Wildman–Crippen MR) is 77.6 cm³/mol. The molecule has 0 aromatic heterocycles. The number of benzene rings is 1. The fraction of sp³-hybridized carbons (Fsp3) is 0.533. The Hall–Kier alpha value is -1.71. The summed E-state index contributed by atoms with van der Waals surface area (Å²) in [5, 5.41) is 3.07. The van der Waals surface area contributed by atoms with E-state index in [9.17, 15) is 4.79 Å². The second-order valence-electron chi connectivity index (χ2n) is 4.75. The van der Waals surface area contributed by atoms with Crippen molar-refractivity contribution in [2.24, 2.45) is 0 Å². The third-order valence-electron chi connectivity index (χ3n) is 3.33. The molecule has 1 aromatic carbocycles. The average molecular weight is 262 g/mol. The van der Waals surface area contributed by atoms with Gasteiger partial charge in [0.2, 0.25) is 0 Å². The second-order valence-corrected chi connectivity index (χ2v) is 4.75. The van der Waals surface area contributed by atoms with E-state index in [0.717, 1.165) is 18.8 Å². The van der Waals surface area contributed by atoms with Crippen LogP contribution in [0, 0.1) is 0 Å². The maximum atomic E-state index is 11.2. The van der Waals surface area contributed by atoms with Crippen molar-refractivity contribution in [3.05, 3.63) is 24.3 Å². The van der Waals surface area contributed by atoms with Crippen LogP contribution < -0.4 is 10.2 Å². The second kappa shape index (κ2) is 7.02. The highest BCUT2D eigenvalue weighted by Crippen LogP contribution is 2.21. The van der Waals surface area contributed by atoms with Gasteiger partial charge >= 0.3 is 5.97 Å². The van der Waals surface area contributed by atoms with E-state index in [1.54, 1.807) is 0 Å². The number of anilines is 2. The number of rotatable bonds is 5. The van der Waals surface area contributed by atoms with Gasteiger partial charge < -0.3 is 15.0 Å². The van der Waals surface area contributed by atoms with E-state index in [4.69, 9.17) is 4.74 Å². The van der Waals surface area contributed by atoms with Gasteiger partial charge in [0.1, 0.15) is 6.54 Å². The molecule has 0 amide bonds. The van der Waals surface area contributed by atoms with Crippen molar-refractivity contribution in [3.63, 3.8) is 0 Å². The highest BCUT2D eigenvalue weighted by Gasteiger charge is 2.10. The summed E-state index contributed by atoms with van der Waals surface area (Å²) in [6.45, 7) is 4.75. The molecule has 1 aromatic rings. The van der Waals surface area contributed by atoms with E-state index in [0.29, 0.717) is 6.61 Å². The van der Waals surface area contributed by atoms with Crippen LogP contribution >= 0.6 is 0 Å². The van der Waals surface area contributed by atoms with Crippen LogP contribution in [0.1, 0.15) is 26.2 Å². The quantitative estimate of drug-likeness (QED) is 0.828. The molecule has 2 rings (SSSR count). The Balaban J connectivity index is 1.85. The fourth-order valence-corrected chi connectivity index (χ4v) is 2.33. The van der Waals surface area contributed by atoms with Crippen LogP contribution in [0.3, 0.4) is 0 Å². The minimum absolute atomic E-state index is 0.219. The van der Waals surface area contributed by atoms with Gasteiger partial charge in [-0.05, 0) is 50.5 Å². The molecule has 0 saturated carbocycles. The summed E-state index contributed by atoms with van der Waals surface area (Å²) in [5.41, 5.74) is 2.22. The Morgan fingerprint density at radius 3 is 2.53 bits per heavy atom. The van der Waals surface area contributed by atoms with Gasteiger partial charge in [-0.25, -0.2) is 0 Å². The van der Waals surface area contributed by atoms with Crippen molar-refractivity contribution in [1.82, 2.24) is 0 Å². The lowest BCUT2D eigenvalue weighted by molar-refractivity contribution is -0.140. The Morgan fingerprint density at radius 1 is 1.21 bits per heavy atom. The standard InChI is InChI=1S/C15H22N2O2/c1-2-19-15(18)12-16-13-6-8-14(9-7-13)17-10-4-3-5-11-17/h6-9,16H,2-5,10-12H2,1H3. The molecule has 0 radical (unpaired) electrons. The zero-order valence-electron chi connectivity index (χ0n) is 11.5. The Labute approximate surface area is 114 Å². The first-order chi connectivity index (χ1) is 9.29. The average Bonchev–Trinajstić information content (AvgIpc) is 2.47. The summed E-state index contributed by atoms with van der Waals surface area (Å²) in [6, 6.07) is 8.25. The molecule has 19 heavy (non-hydrogen) atoms. The lowest BCUT2D eigenvalue weighted by Crippen LogP contribution is -2.29. The molecular formula is C15H22N2O2. The number of nitrogens with zero attached hydrogens (tertiary/aromatic N) is 1. The molecule has 4 nitrogen and oxygen atoms in total. The largest absolute Gasteiger partial charge is 0.465 e. The van der Waals surface area contributed by atoms with Gasteiger partial charge in [0.15, 0.2) is 0 Å². The summed E-state index contributed by atoms with van der Waals surface area (Å²) in [6.07, 6.45) is 3.90. The van der Waals surface area contributed by atoms with E-state index < -0.39 is 0 Å². The minimum atomic E-state index is -0.220. The minimum Gasteiger partial charge on any atom is -0.465 e. The molecule has 1 saturated heterocycles. The topological polar surface area (TPSA) is 41.6 Å². The van der Waals surface area contributed by atoms with Gasteiger partial charge in [0.05, 0.1) is 6.61 Å². The first kappa shape index (κ1) is 13.7. The lowest BCUT2D eigenvalue weighted by Gasteiger charge is -2.28. The van der Waals surface area contributed by atoms with Crippen molar-refractivity contribution in [2.75, 3.05) is 36.5 Å². The Morgan fingerprint density at radius 2 is 1.89 bits per heavy atom. The molecule has 1 heterocycles. The number of nitrogens with one attached hydrogen (secondary N) is 1. The number of carbonyl (C=O) groups is 1. The molecule has 104 valence electrons. The normalized spacial score (nSPS) is 15.1. The van der Waals surface area contributed by atoms with Gasteiger partial charge in [-0.1, -0.05) is 0 Å². The van der Waals surface area contributed by atoms with Crippen LogP contribution in [-0.2, 0) is 9.53 Å². The number of hydrogen-bond donors (Lipinski definition) is 1. The maximum Gasteiger partial charge on any atom is 0.325 e. The predicted octanol–water partition coefficient (Wildman–Crippen LogP) is 2.65. The molecule has 0 atom stereocenters. The monoisotopic (exact) mass is 262 g/mol. The molecule has 0 unspecified atom stereocenters. The molecule has 4 heteroatoms. The van der Waals surface area contributed by atoms with E-state index in [1.807, 2.05) is 19.1 Å². The molecule has 0 aliphatic carbocycles. The third-order valence-corrected chi connectivity index (χ3v) is 3.33. The molecule has 1 N–H and O–H groups in total. The molecule has 0 spiro atoms. The van der Waals surface area contributed by atoms with Crippen LogP contribution in [0.15, 0.2) is 24.3 Å². The molecule has 1 aliphatic heterocycles. The van der Waals surface area contributed by atoms with Crippen molar-refractivity contribution in [1.29, 1.82) is 0 Å². The van der Waals surface area contributed by atoms with E-state index in [2.05, 4.69) is 22.3 Å². The molecule has 0 bridgehead atoms. The Bertz CT molecular complexity index is 397. The Kier molecular flexibility index (Phi) is 5.07. The van der Waals surface area contributed by atoms with Gasteiger partial charge in [-0.3, -0.25) is 4.79 Å². The maximum absolute atomic E-state index is 11.2. The van der Waals surface area contributed by atoms with Gasteiger partial charge in [-0.15, -0.1) is 0 Å². The number of carbonyl (C=O) groups excluding carboxylic acids is 1. The zero-order chi connectivity index (χ0) is 13.5. The zero-order valence-corrected chi connectivity index (χ0v) is 11.5. The number of esters is 1. The summed E-state index contributed by atoms with van der Waals surface area (Å²) < 4.78 is 4.87. The van der Waals surface area contributed by atoms with Gasteiger partial charge in [0.25, 0.3) is 0 Å². The molecule has 1 aliphatic rings. The fourth-order valence-electron chi connectivity index (χ4n) is 2.33. The lowest BCUT2D eigenvalue weighted by atomic mass is 10.1. The first-order valence-electron chi connectivity index (χ1n) is 7.04. The smallest absolute Gasteiger partial charge is 0.325 e. The number of piperidine rings is 1. The third kappa shape index (κ3) is 4.16. The van der Waals surface area contributed by atoms with Crippen LogP contribution in [0.25, 0.3) is 0 Å². The highest BCUT2D eigenvalue weighted by atomic mass is 16.5. The van der Waals surface area contributed by atoms with Crippen molar-refractivity contribution in [3.8, 4) is 0 Å². The van der Waals surface area contributed by atoms with Crippen LogP contribution in [0.5, 0.6) is 0 Å². The van der Waals surface area contributed by atoms with Crippen molar-refractivity contribution >= 4 is 17.3 Å². The summed E-state index contributed by atoms with van der Waals surface area (Å²) >= 11 is 0. The van der Waals surface area contributed by atoms with Crippen LogP contribution in [0.4, 0.5) is 11.4 Å². The van der Waals surface area contributed by atoms with Gasteiger partial charge in [-0.2, -0.15) is 0 Å². The van der Waals surface area contributed by atoms with E-state index in [-0.39, 0.29) is 12.5 Å². The van der Waals surface area contributed by atoms with E-state index >= 15 is 0 Å². The summed E-state index contributed by atoms with van der Waals surface area (Å²) in [5.74, 6) is -0.220. The van der Waals surface area contributed by atoms with Crippen LogP contribution in [-0.4, -0.2) is 32.2 Å². The van der Waals surface area contributed by atoms with Gasteiger partial charge in [0, 0.05) is 24.5 Å². The number of ether oxygens (including phenoxy) is 1. The number of hydrogen-bond acceptors (Lipinski definition) is 4. The SMILES string of the molecule is CCOC(=O)CNc1ccc(N2CCCCC2)cc1. The summed E-state index contributed by atoms with van der Waals surface area (Å²) in [4.78, 5) is 13.7. The van der Waals surface area contributed by atoms with E-state index in [1.165, 1.54) is 24.9 Å². The molecular weight excluding hydrogens is 240 g/mol. The van der Waals surface area contributed by atoms with Crippen molar-refractivity contribution < 1.29 is 9.53 Å². The van der Waals surface area contributed by atoms with Crippen molar-refractivity contribution in [2.45, 2.75) is 26.2 Å². The summed E-state index contributed by atoms with van der Waals surface area (Å²) in [7, 11) is 0. The first-order valence-corrected chi connectivity index (χ1v) is 7.04. The van der Waals surface area contributed by atoms with Crippen LogP contribution in [0.2, 0.25) is 0 Å².